The summed E-state index contributed by atoms with van der Waals surface area (Å²) in [6.07, 6.45) is 2.03. The Balaban J connectivity index is 1.72. The van der Waals surface area contributed by atoms with Gasteiger partial charge in [-0.05, 0) is 56.4 Å². The second-order valence-electron chi connectivity index (χ2n) is 8.25. The number of likely N-dealkylation sites (N-methyl/N-ethyl adjacent to an activating group) is 1. The zero-order chi connectivity index (χ0) is 22.5. The Hall–Kier alpha value is -3.19. The van der Waals surface area contributed by atoms with Gasteiger partial charge < -0.3 is 20.1 Å². The molecule has 0 radical (unpaired) electrons. The minimum absolute atomic E-state index is 0.0820. The van der Waals surface area contributed by atoms with Gasteiger partial charge in [0.25, 0.3) is 5.91 Å². The van der Waals surface area contributed by atoms with Crippen molar-refractivity contribution in [3.63, 3.8) is 0 Å². The van der Waals surface area contributed by atoms with E-state index in [-0.39, 0.29) is 17.4 Å². The van der Waals surface area contributed by atoms with Crippen molar-refractivity contribution >= 4 is 28.4 Å². The van der Waals surface area contributed by atoms with Crippen LogP contribution in [0.2, 0.25) is 0 Å². The molecule has 0 fully saturated rings. The largest absolute Gasteiger partial charge is 0.346 e. The molecule has 164 valence electrons. The summed E-state index contributed by atoms with van der Waals surface area (Å²) in [6, 6.07) is 12.7. The third kappa shape index (κ3) is 5.49. The molecule has 2 N–H and O–H groups in total. The molecule has 7 heteroatoms. The summed E-state index contributed by atoms with van der Waals surface area (Å²) in [4.78, 5) is 27.5. The number of hydrogen-bond donors (Lipinski definition) is 2. The molecule has 0 bridgehead atoms. The van der Waals surface area contributed by atoms with E-state index in [4.69, 9.17) is 0 Å². The number of halogens is 1. The molecule has 1 unspecified atom stereocenters. The second kappa shape index (κ2) is 9.75. The SMILES string of the molecule is CC(C)C(NC(=O)c1ccccc1F)C(=O)Nc1ccc2c(ccn2CCN(C)C)c1. The molecule has 0 saturated heterocycles. The van der Waals surface area contributed by atoms with Gasteiger partial charge in [0.15, 0.2) is 0 Å². The summed E-state index contributed by atoms with van der Waals surface area (Å²) >= 11 is 0. The van der Waals surface area contributed by atoms with Gasteiger partial charge in [-0.25, -0.2) is 4.39 Å². The Kier molecular flexibility index (Phi) is 7.07. The van der Waals surface area contributed by atoms with Crippen molar-refractivity contribution in [2.45, 2.75) is 26.4 Å². The van der Waals surface area contributed by atoms with Gasteiger partial charge in [0, 0.05) is 35.9 Å². The van der Waals surface area contributed by atoms with Crippen molar-refractivity contribution in [1.82, 2.24) is 14.8 Å². The number of carbonyl (C=O) groups is 2. The summed E-state index contributed by atoms with van der Waals surface area (Å²) in [5, 5.41) is 6.57. The van der Waals surface area contributed by atoms with Crippen LogP contribution in [-0.4, -0.2) is 48.0 Å². The molecule has 3 rings (SSSR count). The molecule has 31 heavy (non-hydrogen) atoms. The van der Waals surface area contributed by atoms with E-state index in [2.05, 4.69) is 20.1 Å². The van der Waals surface area contributed by atoms with Gasteiger partial charge in [0.1, 0.15) is 11.9 Å². The topological polar surface area (TPSA) is 66.4 Å². The average Bonchev–Trinajstić information content (AvgIpc) is 3.12. The van der Waals surface area contributed by atoms with Crippen molar-refractivity contribution in [3.8, 4) is 0 Å². The number of anilines is 1. The van der Waals surface area contributed by atoms with Gasteiger partial charge in [-0.2, -0.15) is 0 Å². The van der Waals surface area contributed by atoms with E-state index in [0.29, 0.717) is 5.69 Å². The van der Waals surface area contributed by atoms with Gasteiger partial charge in [-0.3, -0.25) is 9.59 Å². The molecular formula is C24H29FN4O2. The number of hydrogen-bond acceptors (Lipinski definition) is 3. The molecule has 0 spiro atoms. The maximum absolute atomic E-state index is 13.9. The van der Waals surface area contributed by atoms with Crippen LogP contribution < -0.4 is 10.6 Å². The minimum atomic E-state index is -0.799. The first-order valence-electron chi connectivity index (χ1n) is 10.4. The fraction of sp³-hybridized carbons (Fsp3) is 0.333. The van der Waals surface area contributed by atoms with Crippen LogP contribution in [0.25, 0.3) is 10.9 Å². The lowest BCUT2D eigenvalue weighted by atomic mass is 10.0. The number of nitrogens with zero attached hydrogens (tertiary/aromatic N) is 2. The molecule has 3 aromatic rings. The lowest BCUT2D eigenvalue weighted by molar-refractivity contribution is -0.118. The third-order valence-electron chi connectivity index (χ3n) is 5.18. The van der Waals surface area contributed by atoms with E-state index in [9.17, 15) is 14.0 Å². The molecule has 1 aromatic heterocycles. The summed E-state index contributed by atoms with van der Waals surface area (Å²) in [5.41, 5.74) is 1.66. The van der Waals surface area contributed by atoms with Crippen molar-refractivity contribution in [1.29, 1.82) is 0 Å². The van der Waals surface area contributed by atoms with E-state index >= 15 is 0 Å². The molecule has 2 amide bonds. The van der Waals surface area contributed by atoms with Crippen LogP contribution in [0.4, 0.5) is 10.1 Å². The molecule has 6 nitrogen and oxygen atoms in total. The van der Waals surface area contributed by atoms with Crippen molar-refractivity contribution in [3.05, 3.63) is 66.1 Å². The summed E-state index contributed by atoms with van der Waals surface area (Å²) < 4.78 is 16.1. The highest BCUT2D eigenvalue weighted by molar-refractivity contribution is 6.02. The Morgan fingerprint density at radius 3 is 2.52 bits per heavy atom. The summed E-state index contributed by atoms with van der Waals surface area (Å²) in [5.74, 6) is -1.75. The zero-order valence-corrected chi connectivity index (χ0v) is 18.4. The quantitative estimate of drug-likeness (QED) is 0.579. The first kappa shape index (κ1) is 22.5. The van der Waals surface area contributed by atoms with Gasteiger partial charge in [0.2, 0.25) is 5.91 Å². The number of fused-ring (bicyclic) bond motifs is 1. The average molecular weight is 425 g/mol. The van der Waals surface area contributed by atoms with Crippen molar-refractivity contribution in [2.75, 3.05) is 26.0 Å². The zero-order valence-electron chi connectivity index (χ0n) is 18.4. The van der Waals surface area contributed by atoms with Crippen LogP contribution in [0.15, 0.2) is 54.7 Å². The van der Waals surface area contributed by atoms with Gasteiger partial charge in [-0.1, -0.05) is 26.0 Å². The van der Waals surface area contributed by atoms with E-state index < -0.39 is 17.8 Å². The molecule has 0 aliphatic heterocycles. The van der Waals surface area contributed by atoms with E-state index in [0.717, 1.165) is 24.0 Å². The fourth-order valence-corrected chi connectivity index (χ4v) is 3.40. The Bertz CT molecular complexity index is 1070. The maximum atomic E-state index is 13.9. The lowest BCUT2D eigenvalue weighted by Crippen LogP contribution is -2.47. The van der Waals surface area contributed by atoms with Crippen LogP contribution in [-0.2, 0) is 11.3 Å². The van der Waals surface area contributed by atoms with Crippen LogP contribution in [0.5, 0.6) is 0 Å². The number of amides is 2. The molecule has 0 aliphatic carbocycles. The summed E-state index contributed by atoms with van der Waals surface area (Å²) in [6.45, 7) is 5.47. The number of rotatable bonds is 8. The molecule has 2 aromatic carbocycles. The predicted molar refractivity (Wildman–Crippen MR) is 122 cm³/mol. The Morgan fingerprint density at radius 1 is 1.10 bits per heavy atom. The number of benzene rings is 2. The standard InChI is InChI=1S/C24H29FN4O2/c1-16(2)22(27-23(30)19-7-5-6-8-20(19)25)24(31)26-18-9-10-21-17(15-18)11-12-29(21)14-13-28(3)4/h5-12,15-16,22H,13-14H2,1-4H3,(H,26,31)(H,27,30). The van der Waals surface area contributed by atoms with Crippen LogP contribution in [0.3, 0.4) is 0 Å². The van der Waals surface area contributed by atoms with E-state index in [1.54, 1.807) is 6.07 Å². The van der Waals surface area contributed by atoms with Crippen LogP contribution in [0, 0.1) is 11.7 Å². The van der Waals surface area contributed by atoms with Gasteiger partial charge in [0.05, 0.1) is 5.56 Å². The van der Waals surface area contributed by atoms with Gasteiger partial charge in [-0.15, -0.1) is 0 Å². The summed E-state index contributed by atoms with van der Waals surface area (Å²) in [7, 11) is 4.07. The van der Waals surface area contributed by atoms with E-state index in [1.165, 1.54) is 18.2 Å². The molecule has 1 heterocycles. The number of aromatic nitrogens is 1. The Morgan fingerprint density at radius 2 is 1.84 bits per heavy atom. The highest BCUT2D eigenvalue weighted by Crippen LogP contribution is 2.21. The smallest absolute Gasteiger partial charge is 0.254 e. The lowest BCUT2D eigenvalue weighted by Gasteiger charge is -2.22. The number of nitrogens with one attached hydrogen (secondary N) is 2. The van der Waals surface area contributed by atoms with Crippen molar-refractivity contribution in [2.24, 2.45) is 5.92 Å². The highest BCUT2D eigenvalue weighted by Gasteiger charge is 2.26. The molecular weight excluding hydrogens is 395 g/mol. The minimum Gasteiger partial charge on any atom is -0.346 e. The second-order valence-corrected chi connectivity index (χ2v) is 8.25. The first-order chi connectivity index (χ1) is 14.8. The maximum Gasteiger partial charge on any atom is 0.254 e. The first-order valence-corrected chi connectivity index (χ1v) is 10.4. The monoisotopic (exact) mass is 424 g/mol. The number of carbonyl (C=O) groups excluding carboxylic acids is 2. The predicted octanol–water partition coefficient (Wildman–Crippen LogP) is 3.74. The van der Waals surface area contributed by atoms with Crippen LogP contribution >= 0.6 is 0 Å². The van der Waals surface area contributed by atoms with Crippen LogP contribution in [0.1, 0.15) is 24.2 Å². The molecule has 0 saturated carbocycles. The molecule has 1 atom stereocenters. The third-order valence-corrected chi connectivity index (χ3v) is 5.18. The van der Waals surface area contributed by atoms with Crippen molar-refractivity contribution < 1.29 is 14.0 Å². The Labute approximate surface area is 182 Å². The highest BCUT2D eigenvalue weighted by atomic mass is 19.1. The normalized spacial score (nSPS) is 12.4. The fourth-order valence-electron chi connectivity index (χ4n) is 3.40. The van der Waals surface area contributed by atoms with Gasteiger partial charge >= 0.3 is 0 Å². The van der Waals surface area contributed by atoms with E-state index in [1.807, 2.05) is 58.4 Å². The molecule has 0 aliphatic rings.